The second-order valence-corrected chi connectivity index (χ2v) is 20.9. The Bertz CT molecular complexity index is 3360. The minimum Gasteiger partial charge on any atom is -0.478 e. The van der Waals surface area contributed by atoms with Crippen molar-refractivity contribution >= 4 is 78.9 Å². The molecule has 1 aliphatic carbocycles. The molecule has 0 bridgehead atoms. The molecule has 5 N–H and O–H groups in total. The number of anilines is 2. The van der Waals surface area contributed by atoms with Gasteiger partial charge < -0.3 is 30.0 Å². The summed E-state index contributed by atoms with van der Waals surface area (Å²) in [7, 11) is -6.17. The molecular formula is C48H44N6O20S2. The van der Waals surface area contributed by atoms with Gasteiger partial charge in [0, 0.05) is 83.9 Å². The van der Waals surface area contributed by atoms with Crippen molar-refractivity contribution < 1.29 is 83.9 Å². The Balaban J connectivity index is 1.21. The Kier molecular flexibility index (Phi) is 15.0. The van der Waals surface area contributed by atoms with Crippen LogP contribution in [0.4, 0.5) is 32.3 Å². The lowest BCUT2D eigenvalue weighted by Gasteiger charge is -2.45. The third-order valence-corrected chi connectivity index (χ3v) is 14.1. The number of nitrogens with one attached hydrogen (secondary N) is 2. The highest BCUT2D eigenvalue weighted by molar-refractivity contribution is 7.86. The van der Waals surface area contributed by atoms with Crippen LogP contribution in [0.5, 0.6) is 0 Å². The number of ether oxygens (including phenoxy) is 3. The zero-order chi connectivity index (χ0) is 55.8. The largest absolute Gasteiger partial charge is 0.478 e. The molecule has 0 radical (unpaired) electrons. The molecule has 2 aliphatic rings. The number of esters is 1. The van der Waals surface area contributed by atoms with Crippen molar-refractivity contribution in [2.45, 2.75) is 38.1 Å². The molecule has 1 heterocycles. The maximum absolute atomic E-state index is 13.8. The van der Waals surface area contributed by atoms with E-state index in [9.17, 15) is 70.9 Å². The van der Waals surface area contributed by atoms with E-state index in [0.717, 1.165) is 46.2 Å². The monoisotopic (exact) mass is 1090 g/mol. The third kappa shape index (κ3) is 11.1. The lowest BCUT2D eigenvalue weighted by molar-refractivity contribution is -0.386. The molecule has 1 aliphatic heterocycles. The van der Waals surface area contributed by atoms with Crippen LogP contribution in [0.3, 0.4) is 0 Å². The van der Waals surface area contributed by atoms with Crippen molar-refractivity contribution in [1.82, 2.24) is 10.6 Å². The van der Waals surface area contributed by atoms with Gasteiger partial charge in [0.05, 0.1) is 43.6 Å². The summed E-state index contributed by atoms with van der Waals surface area (Å²) in [5, 5.41) is 38.5. The van der Waals surface area contributed by atoms with Crippen LogP contribution >= 0.6 is 0 Å². The van der Waals surface area contributed by atoms with Crippen molar-refractivity contribution in [3.05, 3.63) is 172 Å². The number of carboxylic acid groups (broad SMARTS) is 1. The Morgan fingerprint density at radius 3 is 1.43 bits per heavy atom. The molecule has 0 saturated heterocycles. The number of amides is 4. The molecule has 4 amide bonds. The van der Waals surface area contributed by atoms with Gasteiger partial charge in [-0.1, -0.05) is 26.0 Å². The zero-order valence-electron chi connectivity index (χ0n) is 40.3. The van der Waals surface area contributed by atoms with Crippen LogP contribution < -0.4 is 20.4 Å². The first-order chi connectivity index (χ1) is 35.5. The van der Waals surface area contributed by atoms with Crippen LogP contribution in [0.25, 0.3) is 0 Å². The summed E-state index contributed by atoms with van der Waals surface area (Å²) in [5.41, 5.74) is -2.84. The maximum atomic E-state index is 13.8. The van der Waals surface area contributed by atoms with E-state index >= 15 is 0 Å². The van der Waals surface area contributed by atoms with Crippen molar-refractivity contribution in [2.75, 3.05) is 48.5 Å². The Labute approximate surface area is 431 Å². The second kappa shape index (κ2) is 20.8. The Morgan fingerprint density at radius 2 is 1.04 bits per heavy atom. The molecule has 76 heavy (non-hydrogen) atoms. The molecule has 0 fully saturated rings. The Hall–Kier alpha value is -8.86. The van der Waals surface area contributed by atoms with Gasteiger partial charge in [0.15, 0.2) is 5.60 Å². The van der Waals surface area contributed by atoms with E-state index in [0.29, 0.717) is 22.3 Å². The molecule has 7 rings (SSSR count). The summed E-state index contributed by atoms with van der Waals surface area (Å²) in [6.45, 7) is 1.15. The molecule has 28 heteroatoms. The van der Waals surface area contributed by atoms with Crippen LogP contribution in [0.1, 0.15) is 94.2 Å². The number of nitro groups is 2. The number of carboxylic acids is 1. The average molecular weight is 1090 g/mol. The lowest BCUT2D eigenvalue weighted by atomic mass is 9.61. The number of nitro benzene ring substituents is 2. The minimum atomic E-state index is -4.41. The third-order valence-electron chi connectivity index (χ3n) is 12.6. The van der Waals surface area contributed by atoms with Gasteiger partial charge in [-0.2, -0.15) is 16.8 Å². The van der Waals surface area contributed by atoms with Crippen LogP contribution in [0, 0.1) is 20.2 Å². The van der Waals surface area contributed by atoms with E-state index in [2.05, 4.69) is 10.6 Å². The summed E-state index contributed by atoms with van der Waals surface area (Å²) in [6.07, 6.45) is -2.08. The predicted molar refractivity (Wildman–Crippen MR) is 265 cm³/mol. The molecule has 26 nitrogen and oxygen atoms in total. The number of hydrogen-bond donors (Lipinski definition) is 5. The predicted octanol–water partition coefficient (Wildman–Crippen LogP) is 5.08. The van der Waals surface area contributed by atoms with Gasteiger partial charge in [0.2, 0.25) is 0 Å². The topological polar surface area (TPSA) is 376 Å². The van der Waals surface area contributed by atoms with Gasteiger partial charge >= 0.3 is 24.1 Å². The Morgan fingerprint density at radius 1 is 0.618 bits per heavy atom. The zero-order valence-corrected chi connectivity index (χ0v) is 41.9. The molecule has 1 spiro atoms. The number of carbonyl (C=O) groups excluding carboxylic acids is 5. The van der Waals surface area contributed by atoms with Crippen LogP contribution in [0.15, 0.2) is 91.0 Å². The molecule has 398 valence electrons. The van der Waals surface area contributed by atoms with E-state index < -0.39 is 126 Å². The van der Waals surface area contributed by atoms with Crippen molar-refractivity contribution in [2.24, 2.45) is 0 Å². The fourth-order valence-electron chi connectivity index (χ4n) is 8.73. The highest BCUT2D eigenvalue weighted by Gasteiger charge is 2.56. The fraction of sp³-hybridized carbons (Fsp3) is 0.250. The van der Waals surface area contributed by atoms with Gasteiger partial charge in [-0.3, -0.25) is 48.7 Å². The summed E-state index contributed by atoms with van der Waals surface area (Å²) in [6, 6.07) is 19.5. The number of nitrogens with zero attached hydrogens (tertiary/aromatic N) is 4. The minimum absolute atomic E-state index is 0.0404. The number of rotatable bonds is 17. The molecule has 0 unspecified atom stereocenters. The lowest BCUT2D eigenvalue weighted by Crippen LogP contribution is -2.42. The number of benzene rings is 5. The number of aromatic carboxylic acids is 1. The highest BCUT2D eigenvalue weighted by atomic mass is 32.2. The molecular weight excluding hydrogens is 1040 g/mol. The number of fused-ring (bicyclic) bond motifs is 6. The quantitative estimate of drug-likeness (QED) is 0.0266. The summed E-state index contributed by atoms with van der Waals surface area (Å²) in [5.74, 6) is -5.40. The van der Waals surface area contributed by atoms with E-state index in [-0.39, 0.29) is 50.3 Å². The summed E-state index contributed by atoms with van der Waals surface area (Å²) < 4.78 is 79.7. The summed E-state index contributed by atoms with van der Waals surface area (Å²) >= 11 is 0. The first-order valence-corrected chi connectivity index (χ1v) is 25.5. The molecule has 0 saturated carbocycles. The smallest absolute Gasteiger partial charge is 0.414 e. The molecule has 5 aromatic rings. The van der Waals surface area contributed by atoms with Crippen LogP contribution in [-0.4, -0.2) is 116 Å². The normalized spacial score (nSPS) is 13.7. The van der Waals surface area contributed by atoms with E-state index in [1.165, 1.54) is 44.4 Å². The van der Waals surface area contributed by atoms with Gasteiger partial charge in [0.25, 0.3) is 43.4 Å². The van der Waals surface area contributed by atoms with Gasteiger partial charge in [0.1, 0.15) is 13.2 Å². The summed E-state index contributed by atoms with van der Waals surface area (Å²) in [4.78, 5) is 104. The van der Waals surface area contributed by atoms with Gasteiger partial charge in [-0.05, 0) is 77.9 Å². The number of hydrogen-bond acceptors (Lipinski definition) is 17. The molecule has 5 aromatic carbocycles. The molecule has 0 atom stereocenters. The average Bonchev–Trinajstić information content (AvgIpc) is 3.73. The number of carbonyl (C=O) groups is 6. The molecule has 0 aromatic heterocycles. The van der Waals surface area contributed by atoms with Crippen LogP contribution in [-0.2, 0) is 58.7 Å². The van der Waals surface area contributed by atoms with E-state index in [1.54, 1.807) is 38.1 Å². The second-order valence-electron chi connectivity index (χ2n) is 17.7. The SMILES string of the molecule is CN(C(=O)OCc1cc(C(=O)NCCS(=O)(=O)O)ccc1[N+](=O)[O-])c1ccc2c(c1)C(C)(C)c1cc(N(C)C(=O)OCc3cc(C(=O)NCCS(=O)(=O)O)ccc3[N+](=O)[O-])ccc1C21OC(=O)c2ccc(C(=O)O)cc21. The maximum Gasteiger partial charge on any atom is 0.414 e. The van der Waals surface area contributed by atoms with Gasteiger partial charge in [-0.25, -0.2) is 19.2 Å². The van der Waals surface area contributed by atoms with Crippen molar-refractivity contribution in [3.8, 4) is 0 Å². The van der Waals surface area contributed by atoms with Crippen molar-refractivity contribution in [3.63, 3.8) is 0 Å². The highest BCUT2D eigenvalue weighted by Crippen LogP contribution is 2.57. The first kappa shape index (κ1) is 54.9. The fourth-order valence-corrected chi connectivity index (χ4v) is 9.45. The van der Waals surface area contributed by atoms with E-state index in [4.69, 9.17) is 23.3 Å². The first-order valence-electron chi connectivity index (χ1n) is 22.3. The van der Waals surface area contributed by atoms with Crippen LogP contribution in [0.2, 0.25) is 0 Å². The van der Waals surface area contributed by atoms with Gasteiger partial charge in [-0.15, -0.1) is 0 Å². The van der Waals surface area contributed by atoms with E-state index in [1.807, 2.05) is 0 Å². The standard InChI is InChI=1S/C48H44N6O20S2/c1-47(2)37-22-31(51(3)45(60)72-24-29-19-26(6-13-39(29)53(62)63)41(55)49-15-17-75(66,67)68)8-11-34(37)48(36-21-28(43(57)58)5-10-33(36)44(59)74-48)35-12-9-32(23-38(35)47)52(4)46(61)73-25-30-20-27(7-14-40(30)54(64)65)42(56)50-16-18-76(69,70)71/h5-14,19-23H,15-18,24-25H2,1-4H3,(H,49,55)(H,50,56)(H,57,58)(H,66,67,68)(H,69,70,71). The van der Waals surface area contributed by atoms with Crippen molar-refractivity contribution in [1.29, 1.82) is 0 Å².